The highest BCUT2D eigenvalue weighted by molar-refractivity contribution is 9.10. The highest BCUT2D eigenvalue weighted by Crippen LogP contribution is 2.22. The Kier molecular flexibility index (Phi) is 3.71. The van der Waals surface area contributed by atoms with Gasteiger partial charge in [-0.15, -0.1) is 0 Å². The Morgan fingerprint density at radius 1 is 1.26 bits per heavy atom. The summed E-state index contributed by atoms with van der Waals surface area (Å²) in [5.41, 5.74) is 7.18. The van der Waals surface area contributed by atoms with E-state index in [-0.39, 0.29) is 5.91 Å². The molecule has 0 fully saturated rings. The van der Waals surface area contributed by atoms with Crippen molar-refractivity contribution in [1.82, 2.24) is 0 Å². The molecule has 2 rings (SSSR count). The standard InChI is InChI=1S/C13H11BrN2O3/c1-7-8(12(15)17)3-2-4-10(7)16-13(18)9-5-6-19-11(9)14/h2-6H,1H3,(H2,15,17)(H,16,18). The van der Waals surface area contributed by atoms with E-state index in [0.717, 1.165) is 0 Å². The molecule has 6 heteroatoms. The molecule has 0 bridgehead atoms. The lowest BCUT2D eigenvalue weighted by atomic mass is 10.1. The maximum Gasteiger partial charge on any atom is 0.260 e. The lowest BCUT2D eigenvalue weighted by molar-refractivity contribution is 0.0995. The zero-order valence-electron chi connectivity index (χ0n) is 10.1. The number of carbonyl (C=O) groups is 2. The van der Waals surface area contributed by atoms with Crippen LogP contribution in [0.25, 0.3) is 0 Å². The quantitative estimate of drug-likeness (QED) is 0.911. The Labute approximate surface area is 117 Å². The van der Waals surface area contributed by atoms with E-state index in [1.807, 2.05) is 0 Å². The first kappa shape index (κ1) is 13.4. The lowest BCUT2D eigenvalue weighted by Crippen LogP contribution is -2.16. The Morgan fingerprint density at radius 3 is 2.58 bits per heavy atom. The van der Waals surface area contributed by atoms with Crippen molar-refractivity contribution in [1.29, 1.82) is 0 Å². The number of benzene rings is 1. The zero-order valence-corrected chi connectivity index (χ0v) is 11.7. The summed E-state index contributed by atoms with van der Waals surface area (Å²) < 4.78 is 5.35. The Morgan fingerprint density at radius 2 is 2.00 bits per heavy atom. The zero-order chi connectivity index (χ0) is 14.0. The molecule has 0 aliphatic rings. The molecule has 98 valence electrons. The lowest BCUT2D eigenvalue weighted by Gasteiger charge is -2.10. The maximum atomic E-state index is 12.0. The third-order valence-electron chi connectivity index (χ3n) is 2.71. The van der Waals surface area contributed by atoms with Gasteiger partial charge in [-0.05, 0) is 46.6 Å². The van der Waals surface area contributed by atoms with Crippen molar-refractivity contribution >= 4 is 33.4 Å². The average Bonchev–Trinajstić information content (AvgIpc) is 2.77. The maximum absolute atomic E-state index is 12.0. The van der Waals surface area contributed by atoms with E-state index in [1.165, 1.54) is 6.26 Å². The van der Waals surface area contributed by atoms with Crippen LogP contribution in [0.3, 0.4) is 0 Å². The largest absolute Gasteiger partial charge is 0.457 e. The van der Waals surface area contributed by atoms with E-state index in [0.29, 0.717) is 27.0 Å². The summed E-state index contributed by atoms with van der Waals surface area (Å²) in [7, 11) is 0. The molecule has 2 aromatic rings. The van der Waals surface area contributed by atoms with Crippen molar-refractivity contribution in [3.63, 3.8) is 0 Å². The van der Waals surface area contributed by atoms with E-state index in [1.54, 1.807) is 31.2 Å². The van der Waals surface area contributed by atoms with Gasteiger partial charge in [0.1, 0.15) is 0 Å². The first-order valence-corrected chi connectivity index (χ1v) is 6.23. The van der Waals surface area contributed by atoms with Gasteiger partial charge in [0.25, 0.3) is 5.91 Å². The first-order chi connectivity index (χ1) is 9.00. The van der Waals surface area contributed by atoms with Crippen molar-refractivity contribution in [3.8, 4) is 0 Å². The number of primary amides is 1. The third-order valence-corrected chi connectivity index (χ3v) is 3.32. The molecule has 0 aliphatic heterocycles. The van der Waals surface area contributed by atoms with Gasteiger partial charge in [-0.25, -0.2) is 0 Å². The number of hydrogen-bond donors (Lipinski definition) is 2. The van der Waals surface area contributed by atoms with Gasteiger partial charge < -0.3 is 15.5 Å². The Hall–Kier alpha value is -2.08. The Bertz CT molecular complexity index is 649. The van der Waals surface area contributed by atoms with Gasteiger partial charge in [-0.3, -0.25) is 9.59 Å². The smallest absolute Gasteiger partial charge is 0.260 e. The molecule has 0 unspecified atom stereocenters. The van der Waals surface area contributed by atoms with Crippen LogP contribution in [-0.4, -0.2) is 11.8 Å². The molecular weight excluding hydrogens is 312 g/mol. The van der Waals surface area contributed by atoms with Gasteiger partial charge in [0.05, 0.1) is 11.8 Å². The number of nitrogens with one attached hydrogen (secondary N) is 1. The number of carbonyl (C=O) groups excluding carboxylic acids is 2. The van der Waals surface area contributed by atoms with E-state index < -0.39 is 5.91 Å². The molecule has 2 amide bonds. The molecule has 0 spiro atoms. The summed E-state index contributed by atoms with van der Waals surface area (Å²) in [4.78, 5) is 23.2. The SMILES string of the molecule is Cc1c(NC(=O)c2ccoc2Br)cccc1C(N)=O. The van der Waals surface area contributed by atoms with Crippen molar-refractivity contribution < 1.29 is 14.0 Å². The molecule has 1 aromatic carbocycles. The van der Waals surface area contributed by atoms with Gasteiger partial charge in [0, 0.05) is 11.3 Å². The topological polar surface area (TPSA) is 85.3 Å². The molecule has 0 aliphatic carbocycles. The number of nitrogens with two attached hydrogens (primary N) is 1. The fraction of sp³-hybridized carbons (Fsp3) is 0.0769. The van der Waals surface area contributed by atoms with E-state index >= 15 is 0 Å². The summed E-state index contributed by atoms with van der Waals surface area (Å²) >= 11 is 3.13. The van der Waals surface area contributed by atoms with Gasteiger partial charge in [-0.2, -0.15) is 0 Å². The van der Waals surface area contributed by atoms with Gasteiger partial charge in [0.15, 0.2) is 4.67 Å². The molecular formula is C13H11BrN2O3. The molecule has 0 radical (unpaired) electrons. The molecule has 1 aromatic heterocycles. The number of rotatable bonds is 3. The van der Waals surface area contributed by atoms with Crippen molar-refractivity contribution in [3.05, 3.63) is 51.9 Å². The van der Waals surface area contributed by atoms with Crippen LogP contribution in [-0.2, 0) is 0 Å². The van der Waals surface area contributed by atoms with E-state index in [9.17, 15) is 9.59 Å². The molecule has 0 atom stereocenters. The molecule has 1 heterocycles. The van der Waals surface area contributed by atoms with Crippen LogP contribution >= 0.6 is 15.9 Å². The monoisotopic (exact) mass is 322 g/mol. The average molecular weight is 323 g/mol. The van der Waals surface area contributed by atoms with Crippen LogP contribution in [0.5, 0.6) is 0 Å². The second-order valence-corrected chi connectivity index (χ2v) is 4.62. The van der Waals surface area contributed by atoms with Gasteiger partial charge in [0.2, 0.25) is 5.91 Å². The molecule has 3 N–H and O–H groups in total. The molecule has 19 heavy (non-hydrogen) atoms. The summed E-state index contributed by atoms with van der Waals surface area (Å²) in [6.07, 6.45) is 1.41. The van der Waals surface area contributed by atoms with Crippen molar-refractivity contribution in [2.75, 3.05) is 5.32 Å². The summed E-state index contributed by atoms with van der Waals surface area (Å²) in [6, 6.07) is 6.52. The van der Waals surface area contributed by atoms with Crippen LogP contribution < -0.4 is 11.1 Å². The van der Waals surface area contributed by atoms with Crippen LogP contribution in [0.15, 0.2) is 39.6 Å². The number of amides is 2. The summed E-state index contributed by atoms with van der Waals surface area (Å²) in [6.45, 7) is 1.72. The summed E-state index contributed by atoms with van der Waals surface area (Å²) in [5.74, 6) is -0.858. The fourth-order valence-corrected chi connectivity index (χ4v) is 2.10. The van der Waals surface area contributed by atoms with E-state index in [4.69, 9.17) is 10.2 Å². The second-order valence-electron chi connectivity index (χ2n) is 3.90. The second kappa shape index (κ2) is 5.27. The number of halogens is 1. The third kappa shape index (κ3) is 2.68. The van der Waals surface area contributed by atoms with Crippen LogP contribution in [0.4, 0.5) is 5.69 Å². The van der Waals surface area contributed by atoms with Crippen molar-refractivity contribution in [2.24, 2.45) is 5.73 Å². The first-order valence-electron chi connectivity index (χ1n) is 5.44. The fourth-order valence-electron chi connectivity index (χ4n) is 1.68. The highest BCUT2D eigenvalue weighted by atomic mass is 79.9. The minimum absolute atomic E-state index is 0.328. The van der Waals surface area contributed by atoms with Crippen LogP contribution in [0, 0.1) is 6.92 Å². The molecule has 5 nitrogen and oxygen atoms in total. The Balaban J connectivity index is 2.30. The van der Waals surface area contributed by atoms with Crippen LogP contribution in [0.1, 0.15) is 26.3 Å². The van der Waals surface area contributed by atoms with Crippen molar-refractivity contribution in [2.45, 2.75) is 6.92 Å². The molecule has 0 saturated heterocycles. The predicted molar refractivity (Wildman–Crippen MR) is 74.1 cm³/mol. The normalized spacial score (nSPS) is 10.2. The van der Waals surface area contributed by atoms with Gasteiger partial charge >= 0.3 is 0 Å². The number of anilines is 1. The molecule has 0 saturated carbocycles. The number of hydrogen-bond acceptors (Lipinski definition) is 3. The minimum atomic E-state index is -0.530. The minimum Gasteiger partial charge on any atom is -0.457 e. The summed E-state index contributed by atoms with van der Waals surface area (Å²) in [5, 5.41) is 2.71. The van der Waals surface area contributed by atoms with E-state index in [2.05, 4.69) is 21.2 Å². The highest BCUT2D eigenvalue weighted by Gasteiger charge is 2.15. The van der Waals surface area contributed by atoms with Gasteiger partial charge in [-0.1, -0.05) is 6.07 Å². The number of furan rings is 1. The van der Waals surface area contributed by atoms with Crippen LogP contribution in [0.2, 0.25) is 0 Å². The predicted octanol–water partition coefficient (Wildman–Crippen LogP) is 2.70.